The van der Waals surface area contributed by atoms with Gasteiger partial charge in [-0.2, -0.15) is 0 Å². The van der Waals surface area contributed by atoms with Crippen molar-refractivity contribution >= 4 is 17.2 Å². The molecule has 0 spiro atoms. The van der Waals surface area contributed by atoms with Crippen molar-refractivity contribution < 1.29 is 9.32 Å². The zero-order valence-electron chi connectivity index (χ0n) is 15.8. The zero-order chi connectivity index (χ0) is 18.4. The first-order chi connectivity index (χ1) is 13.2. The van der Waals surface area contributed by atoms with Crippen molar-refractivity contribution in [2.45, 2.75) is 70.5 Å². The molecule has 2 atom stereocenters. The Labute approximate surface area is 163 Å². The molecule has 0 unspecified atom stereocenters. The van der Waals surface area contributed by atoms with Crippen LogP contribution in [0.4, 0.5) is 0 Å². The van der Waals surface area contributed by atoms with E-state index in [0.717, 1.165) is 44.6 Å². The largest absolute Gasteiger partial charge is 0.361 e. The number of fused-ring (bicyclic) bond motifs is 2. The molecule has 0 radical (unpaired) electrons. The highest BCUT2D eigenvalue weighted by Crippen LogP contribution is 2.34. The summed E-state index contributed by atoms with van der Waals surface area (Å²) in [5.74, 6) is 0.842. The van der Waals surface area contributed by atoms with Crippen LogP contribution in [0.25, 0.3) is 0 Å². The van der Waals surface area contributed by atoms with E-state index in [1.807, 2.05) is 24.3 Å². The standard InChI is InChI=1S/C20H26N4O2S/c1-13-10-14(26-22-13)11-20(25)24-9-7-16-17(24)6-8-23(16)12-19-21-15-4-2-3-5-18(15)27-19/h10,16-17H,2-9,11-12H2,1H3/t16-,17-/m0/s1. The summed E-state index contributed by atoms with van der Waals surface area (Å²) in [4.78, 5) is 23.8. The molecule has 2 aliphatic heterocycles. The molecule has 1 amide bonds. The van der Waals surface area contributed by atoms with E-state index in [9.17, 15) is 4.79 Å². The van der Waals surface area contributed by atoms with Crippen LogP contribution in [0.5, 0.6) is 0 Å². The fourth-order valence-corrected chi connectivity index (χ4v) is 6.16. The number of amides is 1. The van der Waals surface area contributed by atoms with Gasteiger partial charge in [0.25, 0.3) is 0 Å². The van der Waals surface area contributed by atoms with Crippen molar-refractivity contribution in [1.29, 1.82) is 0 Å². The smallest absolute Gasteiger partial charge is 0.230 e. The summed E-state index contributed by atoms with van der Waals surface area (Å²) in [6.45, 7) is 4.74. The highest BCUT2D eigenvalue weighted by atomic mass is 32.1. The number of carbonyl (C=O) groups is 1. The van der Waals surface area contributed by atoms with Gasteiger partial charge in [0.1, 0.15) is 10.8 Å². The summed E-state index contributed by atoms with van der Waals surface area (Å²) in [5.41, 5.74) is 2.18. The summed E-state index contributed by atoms with van der Waals surface area (Å²) in [6.07, 6.45) is 7.41. The second-order valence-electron chi connectivity index (χ2n) is 8.07. The van der Waals surface area contributed by atoms with E-state index < -0.39 is 0 Å². The van der Waals surface area contributed by atoms with Crippen molar-refractivity contribution in [1.82, 2.24) is 19.9 Å². The molecule has 1 aliphatic carbocycles. The quantitative estimate of drug-likeness (QED) is 0.809. The predicted octanol–water partition coefficient (Wildman–Crippen LogP) is 2.74. The minimum absolute atomic E-state index is 0.171. The third-order valence-electron chi connectivity index (χ3n) is 6.24. The van der Waals surface area contributed by atoms with Gasteiger partial charge in [0.05, 0.1) is 24.4 Å². The monoisotopic (exact) mass is 386 g/mol. The topological polar surface area (TPSA) is 62.5 Å². The van der Waals surface area contributed by atoms with Crippen molar-refractivity contribution in [3.8, 4) is 0 Å². The Bertz CT molecular complexity index is 821. The van der Waals surface area contributed by atoms with Crippen LogP contribution in [0.3, 0.4) is 0 Å². The number of carbonyl (C=O) groups excluding carboxylic acids is 1. The Morgan fingerprint density at radius 1 is 1.26 bits per heavy atom. The number of hydrogen-bond donors (Lipinski definition) is 0. The Hall–Kier alpha value is -1.73. The second kappa shape index (κ2) is 7.02. The van der Waals surface area contributed by atoms with Gasteiger partial charge in [-0.3, -0.25) is 9.69 Å². The van der Waals surface area contributed by atoms with E-state index in [-0.39, 0.29) is 5.91 Å². The Kier molecular flexibility index (Phi) is 4.52. The van der Waals surface area contributed by atoms with Crippen LogP contribution in [0.1, 0.15) is 52.7 Å². The lowest BCUT2D eigenvalue weighted by Gasteiger charge is -2.25. The van der Waals surface area contributed by atoms with Crippen LogP contribution in [-0.2, 0) is 30.6 Å². The molecule has 0 saturated carbocycles. The predicted molar refractivity (Wildman–Crippen MR) is 103 cm³/mol. The van der Waals surface area contributed by atoms with E-state index in [0.29, 0.717) is 24.3 Å². The second-order valence-corrected chi connectivity index (χ2v) is 9.23. The molecule has 144 valence electrons. The molecular formula is C20H26N4O2S. The number of aromatic nitrogens is 2. The Morgan fingerprint density at radius 3 is 2.93 bits per heavy atom. The van der Waals surface area contributed by atoms with Gasteiger partial charge in [-0.25, -0.2) is 4.98 Å². The lowest BCUT2D eigenvalue weighted by molar-refractivity contribution is -0.131. The SMILES string of the molecule is Cc1cc(CC(=O)N2CC[C@H]3[C@@H]2CCN3Cc2nc3c(s2)CCCC3)on1. The molecule has 0 N–H and O–H groups in total. The van der Waals surface area contributed by atoms with E-state index >= 15 is 0 Å². The number of likely N-dealkylation sites (tertiary alicyclic amines) is 2. The maximum absolute atomic E-state index is 12.8. The summed E-state index contributed by atoms with van der Waals surface area (Å²) >= 11 is 1.91. The molecule has 2 fully saturated rings. The van der Waals surface area contributed by atoms with Gasteiger partial charge >= 0.3 is 0 Å². The first-order valence-electron chi connectivity index (χ1n) is 10.1. The Balaban J connectivity index is 1.23. The first kappa shape index (κ1) is 17.4. The molecule has 27 heavy (non-hydrogen) atoms. The van der Waals surface area contributed by atoms with Gasteiger partial charge in [0.15, 0.2) is 0 Å². The zero-order valence-corrected chi connectivity index (χ0v) is 16.6. The average Bonchev–Trinajstić information content (AvgIpc) is 3.40. The summed E-state index contributed by atoms with van der Waals surface area (Å²) in [7, 11) is 0. The van der Waals surface area contributed by atoms with E-state index in [4.69, 9.17) is 9.51 Å². The highest BCUT2D eigenvalue weighted by molar-refractivity contribution is 7.11. The van der Waals surface area contributed by atoms with Crippen molar-refractivity contribution in [3.63, 3.8) is 0 Å². The van der Waals surface area contributed by atoms with Crippen LogP contribution < -0.4 is 0 Å². The normalized spacial score (nSPS) is 25.0. The van der Waals surface area contributed by atoms with Crippen molar-refractivity contribution in [2.24, 2.45) is 0 Å². The first-order valence-corrected chi connectivity index (χ1v) is 10.9. The molecule has 7 heteroatoms. The minimum Gasteiger partial charge on any atom is -0.361 e. The van der Waals surface area contributed by atoms with Gasteiger partial charge in [-0.1, -0.05) is 5.16 Å². The third kappa shape index (κ3) is 3.31. The van der Waals surface area contributed by atoms with Gasteiger partial charge in [-0.05, 0) is 45.4 Å². The molecule has 4 heterocycles. The molecule has 5 rings (SSSR count). The van der Waals surface area contributed by atoms with Gasteiger partial charge in [-0.15, -0.1) is 11.3 Å². The van der Waals surface area contributed by atoms with Crippen molar-refractivity contribution in [3.05, 3.63) is 33.1 Å². The van der Waals surface area contributed by atoms with Crippen LogP contribution >= 0.6 is 11.3 Å². The average molecular weight is 387 g/mol. The fraction of sp³-hybridized carbons (Fsp3) is 0.650. The summed E-state index contributed by atoms with van der Waals surface area (Å²) in [5, 5.41) is 5.16. The number of nitrogens with zero attached hydrogens (tertiary/aromatic N) is 4. The molecule has 0 aromatic carbocycles. The Morgan fingerprint density at radius 2 is 2.11 bits per heavy atom. The van der Waals surface area contributed by atoms with Crippen LogP contribution in [0.2, 0.25) is 0 Å². The molecule has 2 aromatic rings. The number of rotatable bonds is 4. The van der Waals surface area contributed by atoms with E-state index in [1.165, 1.54) is 34.8 Å². The molecule has 2 aromatic heterocycles. The number of thiazole rings is 1. The summed E-state index contributed by atoms with van der Waals surface area (Å²) < 4.78 is 5.23. The number of aryl methyl sites for hydroxylation is 3. The van der Waals surface area contributed by atoms with Crippen LogP contribution in [-0.4, -0.2) is 51.0 Å². The van der Waals surface area contributed by atoms with Gasteiger partial charge in [0, 0.05) is 36.1 Å². The summed E-state index contributed by atoms with van der Waals surface area (Å²) in [6, 6.07) is 2.68. The molecule has 3 aliphatic rings. The fourth-order valence-electron chi connectivity index (χ4n) is 4.98. The van der Waals surface area contributed by atoms with E-state index in [1.54, 1.807) is 0 Å². The molecule has 2 saturated heterocycles. The van der Waals surface area contributed by atoms with Gasteiger partial charge < -0.3 is 9.42 Å². The van der Waals surface area contributed by atoms with Crippen LogP contribution in [0.15, 0.2) is 10.6 Å². The molecule has 6 nitrogen and oxygen atoms in total. The highest BCUT2D eigenvalue weighted by Gasteiger charge is 2.44. The maximum atomic E-state index is 12.8. The third-order valence-corrected chi connectivity index (χ3v) is 7.38. The van der Waals surface area contributed by atoms with Crippen molar-refractivity contribution in [2.75, 3.05) is 13.1 Å². The lowest BCUT2D eigenvalue weighted by Crippen LogP contribution is -2.40. The number of hydrogen-bond acceptors (Lipinski definition) is 6. The van der Waals surface area contributed by atoms with Gasteiger partial charge in [0.2, 0.25) is 5.91 Å². The maximum Gasteiger partial charge on any atom is 0.230 e. The van der Waals surface area contributed by atoms with E-state index in [2.05, 4.69) is 15.0 Å². The molecule has 0 bridgehead atoms. The van der Waals surface area contributed by atoms with Crippen LogP contribution in [0, 0.1) is 6.92 Å². The molecular weight excluding hydrogens is 360 g/mol. The minimum atomic E-state index is 0.171. The lowest BCUT2D eigenvalue weighted by atomic mass is 10.0.